The van der Waals surface area contributed by atoms with Crippen molar-refractivity contribution < 1.29 is 23.7 Å². The normalized spacial score (nSPS) is 13.4. The maximum absolute atomic E-state index is 10.9. The van der Waals surface area contributed by atoms with E-state index in [9.17, 15) is 4.79 Å². The standard InChI is InChI=1S/C26H45N5O5/c1-31(12-16-34-18-20-35-19-17-33-15-8-27)22-24-21-25(7-6-23(24)5-2-13-32)36-14-4-11-30-26-28-9-3-10-29-26/h6-7,13,21H,2-5,8-12,14-20,22,27H2,1H3,(H2,28,29,30). The van der Waals surface area contributed by atoms with Crippen molar-refractivity contribution >= 4 is 12.2 Å². The molecule has 0 unspecified atom stereocenters. The van der Waals surface area contributed by atoms with E-state index in [1.54, 1.807) is 0 Å². The van der Waals surface area contributed by atoms with Crippen LogP contribution in [0.15, 0.2) is 23.2 Å². The summed E-state index contributed by atoms with van der Waals surface area (Å²) < 4.78 is 22.4. The minimum absolute atomic E-state index is 0.515. The molecule has 0 amide bonds. The summed E-state index contributed by atoms with van der Waals surface area (Å²) in [6.07, 6.45) is 4.18. The molecule has 0 bridgehead atoms. The lowest BCUT2D eigenvalue weighted by atomic mass is 10.0. The van der Waals surface area contributed by atoms with Crippen LogP contribution in [0, 0.1) is 0 Å². The number of hydrogen-bond acceptors (Lipinski definition) is 10. The molecule has 1 aliphatic rings. The molecule has 0 radical (unpaired) electrons. The third kappa shape index (κ3) is 13.7. The molecule has 10 nitrogen and oxygen atoms in total. The van der Waals surface area contributed by atoms with E-state index in [0.29, 0.717) is 59.2 Å². The van der Waals surface area contributed by atoms with Gasteiger partial charge in [-0.15, -0.1) is 0 Å². The highest BCUT2D eigenvalue weighted by Crippen LogP contribution is 2.21. The quantitative estimate of drug-likeness (QED) is 0.165. The Balaban J connectivity index is 1.68. The third-order valence-electron chi connectivity index (χ3n) is 5.55. The molecule has 1 heterocycles. The predicted octanol–water partition coefficient (Wildman–Crippen LogP) is 0.966. The van der Waals surface area contributed by atoms with Crippen LogP contribution in [0.2, 0.25) is 0 Å². The summed E-state index contributed by atoms with van der Waals surface area (Å²) in [7, 11) is 2.07. The summed E-state index contributed by atoms with van der Waals surface area (Å²) >= 11 is 0. The van der Waals surface area contributed by atoms with E-state index in [2.05, 4.69) is 39.7 Å². The number of carbonyl (C=O) groups is 1. The molecule has 36 heavy (non-hydrogen) atoms. The molecule has 1 aromatic rings. The average Bonchev–Trinajstić information content (AvgIpc) is 2.89. The summed E-state index contributed by atoms with van der Waals surface area (Å²) in [4.78, 5) is 17.5. The first-order valence-corrected chi connectivity index (χ1v) is 13.0. The maximum Gasteiger partial charge on any atom is 0.191 e. The Bertz CT molecular complexity index is 749. The van der Waals surface area contributed by atoms with Gasteiger partial charge in [0.1, 0.15) is 12.0 Å². The van der Waals surface area contributed by atoms with Crippen LogP contribution in [0.4, 0.5) is 0 Å². The lowest BCUT2D eigenvalue weighted by Gasteiger charge is -2.20. The monoisotopic (exact) mass is 507 g/mol. The van der Waals surface area contributed by atoms with Gasteiger partial charge in [0.25, 0.3) is 0 Å². The fourth-order valence-corrected chi connectivity index (χ4v) is 3.63. The molecule has 0 aliphatic carbocycles. The second-order valence-corrected chi connectivity index (χ2v) is 8.64. The summed E-state index contributed by atoms with van der Waals surface area (Å²) in [5.41, 5.74) is 7.72. The Labute approximate surface area is 215 Å². The molecule has 1 aromatic carbocycles. The number of benzene rings is 1. The predicted molar refractivity (Wildman–Crippen MR) is 142 cm³/mol. The number of nitrogens with zero attached hydrogens (tertiary/aromatic N) is 2. The lowest BCUT2D eigenvalue weighted by molar-refractivity contribution is -0.107. The number of ether oxygens (including phenoxy) is 4. The molecule has 4 N–H and O–H groups in total. The molecule has 0 fully saturated rings. The fraction of sp³-hybridized carbons (Fsp3) is 0.692. The van der Waals surface area contributed by atoms with Gasteiger partial charge in [0.05, 0.1) is 46.2 Å². The van der Waals surface area contributed by atoms with Crippen molar-refractivity contribution in [3.63, 3.8) is 0 Å². The van der Waals surface area contributed by atoms with Gasteiger partial charge < -0.3 is 40.1 Å². The number of guanidine groups is 1. The molecule has 0 saturated heterocycles. The highest BCUT2D eigenvalue weighted by atomic mass is 16.5. The molecule has 0 saturated carbocycles. The van der Waals surface area contributed by atoms with Crippen molar-refractivity contribution in [1.82, 2.24) is 15.5 Å². The average molecular weight is 508 g/mol. The van der Waals surface area contributed by atoms with Crippen LogP contribution in [0.1, 0.15) is 30.4 Å². The SMILES string of the molecule is CN(CCOCCOCCOCCN)Cc1cc(OCCCNC2=NCCCN2)ccc1CCC=O. The zero-order valence-corrected chi connectivity index (χ0v) is 21.8. The van der Waals surface area contributed by atoms with Gasteiger partial charge in [-0.3, -0.25) is 9.89 Å². The number of rotatable bonds is 21. The van der Waals surface area contributed by atoms with Gasteiger partial charge in [-0.25, -0.2) is 0 Å². The summed E-state index contributed by atoms with van der Waals surface area (Å²) in [5, 5.41) is 6.57. The number of aryl methyl sites for hydroxylation is 1. The molecular weight excluding hydrogens is 462 g/mol. The molecule has 0 aromatic heterocycles. The Morgan fingerprint density at radius 3 is 2.58 bits per heavy atom. The number of carbonyl (C=O) groups excluding carboxylic acids is 1. The van der Waals surface area contributed by atoms with Crippen molar-refractivity contribution in [2.24, 2.45) is 10.7 Å². The smallest absolute Gasteiger partial charge is 0.191 e. The summed E-state index contributed by atoms with van der Waals surface area (Å²) in [6.45, 7) is 8.76. The highest BCUT2D eigenvalue weighted by Gasteiger charge is 2.09. The van der Waals surface area contributed by atoms with Gasteiger partial charge in [0, 0.05) is 45.7 Å². The minimum atomic E-state index is 0.515. The fourth-order valence-electron chi connectivity index (χ4n) is 3.63. The van der Waals surface area contributed by atoms with Crippen molar-refractivity contribution in [3.8, 4) is 5.75 Å². The number of hydrogen-bond donors (Lipinski definition) is 3. The first-order valence-electron chi connectivity index (χ1n) is 13.0. The Hall–Kier alpha value is -2.24. The Kier molecular flexibility index (Phi) is 16.6. The molecular formula is C26H45N5O5. The zero-order valence-electron chi connectivity index (χ0n) is 21.8. The van der Waals surface area contributed by atoms with Crippen LogP contribution < -0.4 is 21.1 Å². The highest BCUT2D eigenvalue weighted by molar-refractivity contribution is 5.80. The van der Waals surface area contributed by atoms with Gasteiger partial charge in [0.2, 0.25) is 0 Å². The largest absolute Gasteiger partial charge is 0.494 e. The van der Waals surface area contributed by atoms with E-state index < -0.39 is 0 Å². The minimum Gasteiger partial charge on any atom is -0.494 e. The van der Waals surface area contributed by atoms with Gasteiger partial charge in [-0.05, 0) is 49.6 Å². The van der Waals surface area contributed by atoms with Gasteiger partial charge in [-0.2, -0.15) is 0 Å². The summed E-state index contributed by atoms with van der Waals surface area (Å²) in [5.74, 6) is 1.74. The van der Waals surface area contributed by atoms with E-state index in [1.807, 2.05) is 6.07 Å². The van der Waals surface area contributed by atoms with Crippen LogP contribution in [0.3, 0.4) is 0 Å². The van der Waals surface area contributed by atoms with Crippen LogP contribution in [-0.2, 0) is 32.0 Å². The molecule has 10 heteroatoms. The zero-order chi connectivity index (χ0) is 25.7. The van der Waals surface area contributed by atoms with E-state index in [1.165, 1.54) is 11.1 Å². The van der Waals surface area contributed by atoms with Gasteiger partial charge >= 0.3 is 0 Å². The molecule has 0 atom stereocenters. The number of nitrogens with two attached hydrogens (primary N) is 1. The number of nitrogens with one attached hydrogen (secondary N) is 2. The maximum atomic E-state index is 10.9. The molecule has 0 spiro atoms. The van der Waals surface area contributed by atoms with Crippen LogP contribution >= 0.6 is 0 Å². The number of likely N-dealkylation sites (N-methyl/N-ethyl adjacent to an activating group) is 1. The van der Waals surface area contributed by atoms with Crippen molar-refractivity contribution in [2.45, 2.75) is 32.2 Å². The first kappa shape index (κ1) is 30.0. The Morgan fingerprint density at radius 1 is 1.08 bits per heavy atom. The lowest BCUT2D eigenvalue weighted by Crippen LogP contribution is -2.41. The van der Waals surface area contributed by atoms with E-state index in [0.717, 1.165) is 70.0 Å². The van der Waals surface area contributed by atoms with Crippen LogP contribution in [0.25, 0.3) is 0 Å². The molecule has 1 aliphatic heterocycles. The van der Waals surface area contributed by atoms with Crippen LogP contribution in [0.5, 0.6) is 5.75 Å². The molecule has 204 valence electrons. The topological polar surface area (TPSA) is 120 Å². The van der Waals surface area contributed by atoms with Gasteiger partial charge in [0.15, 0.2) is 5.96 Å². The Morgan fingerprint density at radius 2 is 1.86 bits per heavy atom. The van der Waals surface area contributed by atoms with Crippen LogP contribution in [-0.4, -0.2) is 103 Å². The summed E-state index contributed by atoms with van der Waals surface area (Å²) in [6, 6.07) is 6.17. The number of aliphatic imine (C=N–C) groups is 1. The number of aldehydes is 1. The van der Waals surface area contributed by atoms with Gasteiger partial charge in [-0.1, -0.05) is 6.07 Å². The third-order valence-corrected chi connectivity index (χ3v) is 5.55. The second kappa shape index (κ2) is 19.9. The van der Waals surface area contributed by atoms with E-state index >= 15 is 0 Å². The van der Waals surface area contributed by atoms with Crippen molar-refractivity contribution in [2.75, 3.05) is 86.0 Å². The van der Waals surface area contributed by atoms with Crippen molar-refractivity contribution in [3.05, 3.63) is 29.3 Å². The van der Waals surface area contributed by atoms with E-state index in [4.69, 9.17) is 24.7 Å². The second-order valence-electron chi connectivity index (χ2n) is 8.64. The van der Waals surface area contributed by atoms with Crippen molar-refractivity contribution in [1.29, 1.82) is 0 Å². The van der Waals surface area contributed by atoms with E-state index in [-0.39, 0.29) is 0 Å². The first-order chi connectivity index (χ1) is 17.7. The molecule has 2 rings (SSSR count).